The molecule has 0 saturated heterocycles. The Morgan fingerprint density at radius 2 is 1.87 bits per heavy atom. The number of benzene rings is 1. The standard InChI is InChI=1S/C15H9F3N2O2S/c16-15(17,18)11-3-1-9(2-4-11)12-5-6-13(23-12)20-14(21)10-7-19-22-8-10/h1-8H,(H,20,21). The fraction of sp³-hybridized carbons (Fsp3) is 0.0667. The van der Waals surface area contributed by atoms with Crippen LogP contribution >= 0.6 is 11.3 Å². The molecule has 1 aromatic carbocycles. The van der Waals surface area contributed by atoms with Crippen LogP contribution in [0.1, 0.15) is 15.9 Å². The number of amides is 1. The second kappa shape index (κ2) is 5.88. The first kappa shape index (κ1) is 15.3. The summed E-state index contributed by atoms with van der Waals surface area (Å²) >= 11 is 1.26. The monoisotopic (exact) mass is 338 g/mol. The van der Waals surface area contributed by atoms with Crippen molar-refractivity contribution in [2.75, 3.05) is 5.32 Å². The van der Waals surface area contributed by atoms with Crippen molar-refractivity contribution in [2.45, 2.75) is 6.18 Å². The third-order valence-corrected chi connectivity index (χ3v) is 4.08. The van der Waals surface area contributed by atoms with E-state index >= 15 is 0 Å². The molecule has 0 spiro atoms. The number of aromatic nitrogens is 1. The number of rotatable bonds is 3. The SMILES string of the molecule is O=C(Nc1ccc(-c2ccc(C(F)(F)F)cc2)s1)c1cnoc1. The molecular weight excluding hydrogens is 329 g/mol. The number of thiophene rings is 1. The lowest BCUT2D eigenvalue weighted by atomic mass is 10.1. The lowest BCUT2D eigenvalue weighted by Gasteiger charge is -2.06. The molecule has 118 valence electrons. The van der Waals surface area contributed by atoms with Crippen LogP contribution in [0.15, 0.2) is 53.4 Å². The van der Waals surface area contributed by atoms with E-state index in [1.54, 1.807) is 12.1 Å². The Labute approximate surface area is 132 Å². The van der Waals surface area contributed by atoms with Crippen LogP contribution < -0.4 is 5.32 Å². The molecule has 3 aromatic rings. The van der Waals surface area contributed by atoms with Crippen molar-refractivity contribution in [1.29, 1.82) is 0 Å². The summed E-state index contributed by atoms with van der Waals surface area (Å²) in [6.45, 7) is 0. The minimum Gasteiger partial charge on any atom is -0.364 e. The number of nitrogens with one attached hydrogen (secondary N) is 1. The zero-order chi connectivity index (χ0) is 16.4. The van der Waals surface area contributed by atoms with Gasteiger partial charge in [0.25, 0.3) is 5.91 Å². The summed E-state index contributed by atoms with van der Waals surface area (Å²) in [5.41, 5.74) is 0.238. The van der Waals surface area contributed by atoms with Crippen molar-refractivity contribution in [1.82, 2.24) is 5.16 Å². The summed E-state index contributed by atoms with van der Waals surface area (Å²) in [5.74, 6) is -0.368. The fourth-order valence-corrected chi connectivity index (χ4v) is 2.79. The lowest BCUT2D eigenvalue weighted by molar-refractivity contribution is -0.137. The molecule has 0 unspecified atom stereocenters. The molecule has 0 aliphatic rings. The topological polar surface area (TPSA) is 55.1 Å². The molecule has 0 aliphatic heterocycles. The molecule has 8 heteroatoms. The van der Waals surface area contributed by atoms with Gasteiger partial charge in [0.1, 0.15) is 6.26 Å². The number of halogens is 3. The third-order valence-electron chi connectivity index (χ3n) is 3.03. The van der Waals surface area contributed by atoms with Crippen LogP contribution in [0.2, 0.25) is 0 Å². The first-order chi connectivity index (χ1) is 10.9. The van der Waals surface area contributed by atoms with Crippen LogP contribution in [0.5, 0.6) is 0 Å². The third kappa shape index (κ3) is 3.42. The first-order valence-electron chi connectivity index (χ1n) is 6.42. The number of hydrogen-bond donors (Lipinski definition) is 1. The van der Waals surface area contributed by atoms with E-state index in [0.29, 0.717) is 10.6 Å². The molecule has 23 heavy (non-hydrogen) atoms. The van der Waals surface area contributed by atoms with Crippen LogP contribution in [-0.2, 0) is 6.18 Å². The summed E-state index contributed by atoms with van der Waals surface area (Å²) < 4.78 is 42.2. The molecule has 0 aliphatic carbocycles. The van der Waals surface area contributed by atoms with Gasteiger partial charge in [-0.2, -0.15) is 13.2 Å². The van der Waals surface area contributed by atoms with Crippen molar-refractivity contribution in [3.8, 4) is 10.4 Å². The number of hydrogen-bond acceptors (Lipinski definition) is 4. The van der Waals surface area contributed by atoms with Crippen LogP contribution in [0.3, 0.4) is 0 Å². The number of alkyl halides is 3. The summed E-state index contributed by atoms with van der Waals surface area (Å²) in [6.07, 6.45) is -1.84. The second-order valence-corrected chi connectivity index (χ2v) is 5.69. The van der Waals surface area contributed by atoms with Crippen molar-refractivity contribution >= 4 is 22.2 Å². The average Bonchev–Trinajstić information content (AvgIpc) is 3.18. The number of nitrogens with zero attached hydrogens (tertiary/aromatic N) is 1. The zero-order valence-electron chi connectivity index (χ0n) is 11.4. The highest BCUT2D eigenvalue weighted by Gasteiger charge is 2.30. The molecule has 2 heterocycles. The predicted octanol–water partition coefficient (Wildman–Crippen LogP) is 4.67. The van der Waals surface area contributed by atoms with E-state index in [9.17, 15) is 18.0 Å². The molecule has 3 rings (SSSR count). The minimum absolute atomic E-state index is 0.287. The van der Waals surface area contributed by atoms with Gasteiger partial charge in [-0.1, -0.05) is 17.3 Å². The van der Waals surface area contributed by atoms with E-state index in [-0.39, 0.29) is 11.5 Å². The van der Waals surface area contributed by atoms with Gasteiger partial charge in [0.05, 0.1) is 22.3 Å². The molecule has 2 aromatic heterocycles. The van der Waals surface area contributed by atoms with E-state index < -0.39 is 11.7 Å². The summed E-state index contributed by atoms with van der Waals surface area (Å²) in [5, 5.41) is 6.69. The van der Waals surface area contributed by atoms with Crippen molar-refractivity contribution in [2.24, 2.45) is 0 Å². The Morgan fingerprint density at radius 3 is 2.48 bits per heavy atom. The molecule has 1 amide bonds. The van der Waals surface area contributed by atoms with Gasteiger partial charge in [0.2, 0.25) is 0 Å². The Morgan fingerprint density at radius 1 is 1.13 bits per heavy atom. The smallest absolute Gasteiger partial charge is 0.364 e. The Kier molecular flexibility index (Phi) is 3.91. The van der Waals surface area contributed by atoms with E-state index in [1.165, 1.54) is 35.9 Å². The highest BCUT2D eigenvalue weighted by atomic mass is 32.1. The van der Waals surface area contributed by atoms with Gasteiger partial charge >= 0.3 is 6.18 Å². The van der Waals surface area contributed by atoms with Gasteiger partial charge in [0.15, 0.2) is 0 Å². The molecule has 4 nitrogen and oxygen atoms in total. The fourth-order valence-electron chi connectivity index (χ4n) is 1.88. The van der Waals surface area contributed by atoms with E-state index in [1.807, 2.05) is 0 Å². The second-order valence-electron chi connectivity index (χ2n) is 4.61. The lowest BCUT2D eigenvalue weighted by Crippen LogP contribution is -2.09. The van der Waals surface area contributed by atoms with E-state index in [0.717, 1.165) is 17.0 Å². The maximum atomic E-state index is 12.5. The van der Waals surface area contributed by atoms with E-state index in [4.69, 9.17) is 0 Å². The maximum Gasteiger partial charge on any atom is 0.416 e. The van der Waals surface area contributed by atoms with Gasteiger partial charge in [-0.15, -0.1) is 11.3 Å². The molecule has 0 fully saturated rings. The predicted molar refractivity (Wildman–Crippen MR) is 79.2 cm³/mol. The van der Waals surface area contributed by atoms with Crippen LogP contribution in [0.25, 0.3) is 10.4 Å². The summed E-state index contributed by atoms with van der Waals surface area (Å²) in [6, 6.07) is 8.29. The van der Waals surface area contributed by atoms with Crippen molar-refractivity contribution in [3.05, 3.63) is 60.0 Å². The maximum absolute atomic E-state index is 12.5. The highest BCUT2D eigenvalue weighted by molar-refractivity contribution is 7.19. The van der Waals surface area contributed by atoms with Crippen molar-refractivity contribution < 1.29 is 22.5 Å². The largest absolute Gasteiger partial charge is 0.416 e. The molecule has 1 N–H and O–H groups in total. The minimum atomic E-state index is -4.36. The number of carbonyl (C=O) groups excluding carboxylic acids is 1. The summed E-state index contributed by atoms with van der Waals surface area (Å²) in [4.78, 5) is 12.6. The van der Waals surface area contributed by atoms with Crippen molar-refractivity contribution in [3.63, 3.8) is 0 Å². The van der Waals surface area contributed by atoms with Gasteiger partial charge < -0.3 is 9.84 Å². The molecule has 0 radical (unpaired) electrons. The normalized spacial score (nSPS) is 11.4. The van der Waals surface area contributed by atoms with Gasteiger partial charge in [-0.25, -0.2) is 0 Å². The first-order valence-corrected chi connectivity index (χ1v) is 7.23. The van der Waals surface area contributed by atoms with Gasteiger partial charge in [-0.05, 0) is 29.8 Å². The van der Waals surface area contributed by atoms with E-state index in [2.05, 4.69) is 15.0 Å². The molecule has 0 atom stereocenters. The molecule has 0 saturated carbocycles. The Balaban J connectivity index is 1.75. The van der Waals surface area contributed by atoms with Crippen LogP contribution in [-0.4, -0.2) is 11.1 Å². The highest BCUT2D eigenvalue weighted by Crippen LogP contribution is 2.34. The van der Waals surface area contributed by atoms with Gasteiger partial charge in [0, 0.05) is 4.88 Å². The van der Waals surface area contributed by atoms with Gasteiger partial charge in [-0.3, -0.25) is 4.79 Å². The van der Waals surface area contributed by atoms with Crippen LogP contribution in [0.4, 0.5) is 18.2 Å². The van der Waals surface area contributed by atoms with Crippen LogP contribution in [0, 0.1) is 0 Å². The quantitative estimate of drug-likeness (QED) is 0.755. The molecular formula is C15H9F3N2O2S. The Hall–Kier alpha value is -2.61. The number of carbonyl (C=O) groups is 1. The average molecular weight is 338 g/mol. The summed E-state index contributed by atoms with van der Waals surface area (Å²) in [7, 11) is 0. The Bertz CT molecular complexity index is 808. The zero-order valence-corrected chi connectivity index (χ0v) is 12.2. The number of anilines is 1. The molecule has 0 bridgehead atoms.